The standard InChI is InChI=1S/C15H20N2O3/c1-12-6-5-10-16(12)15(20)17(11-9-14(18)19)13-7-3-2-4-8-13/h2-4,7-8,12H,5-6,9-11H2,1H3,(H,18,19). The van der Waals surface area contributed by atoms with Crippen LogP contribution in [0.4, 0.5) is 10.5 Å². The van der Waals surface area contributed by atoms with Crippen LogP contribution in [0.1, 0.15) is 26.2 Å². The normalized spacial score (nSPS) is 18.1. The fraction of sp³-hybridized carbons (Fsp3) is 0.467. The fourth-order valence-corrected chi connectivity index (χ4v) is 2.52. The number of anilines is 1. The number of likely N-dealkylation sites (tertiary alicyclic amines) is 1. The number of para-hydroxylation sites is 1. The van der Waals surface area contributed by atoms with Gasteiger partial charge in [-0.15, -0.1) is 0 Å². The highest BCUT2D eigenvalue weighted by Crippen LogP contribution is 2.22. The maximum atomic E-state index is 12.6. The summed E-state index contributed by atoms with van der Waals surface area (Å²) >= 11 is 0. The molecule has 0 aromatic heterocycles. The van der Waals surface area contributed by atoms with Gasteiger partial charge in [0.1, 0.15) is 0 Å². The lowest BCUT2D eigenvalue weighted by Gasteiger charge is -2.30. The predicted octanol–water partition coefficient (Wildman–Crippen LogP) is 2.57. The molecule has 1 aliphatic rings. The smallest absolute Gasteiger partial charge is 0.324 e. The Morgan fingerprint density at radius 1 is 1.35 bits per heavy atom. The van der Waals surface area contributed by atoms with Crippen molar-refractivity contribution in [3.05, 3.63) is 30.3 Å². The number of hydrogen-bond acceptors (Lipinski definition) is 2. The van der Waals surface area contributed by atoms with Gasteiger partial charge in [-0.2, -0.15) is 0 Å². The van der Waals surface area contributed by atoms with Gasteiger partial charge in [0.2, 0.25) is 0 Å². The molecule has 1 aromatic carbocycles. The van der Waals surface area contributed by atoms with Crippen molar-refractivity contribution < 1.29 is 14.7 Å². The first-order valence-corrected chi connectivity index (χ1v) is 6.94. The zero-order chi connectivity index (χ0) is 14.5. The number of amides is 2. The lowest BCUT2D eigenvalue weighted by atomic mass is 10.2. The molecule has 1 aromatic rings. The molecule has 0 radical (unpaired) electrons. The highest BCUT2D eigenvalue weighted by Gasteiger charge is 2.29. The second kappa shape index (κ2) is 6.41. The molecular weight excluding hydrogens is 256 g/mol. The summed E-state index contributed by atoms with van der Waals surface area (Å²) in [5, 5.41) is 8.86. The topological polar surface area (TPSA) is 60.9 Å². The van der Waals surface area contributed by atoms with Gasteiger partial charge in [0.15, 0.2) is 0 Å². The van der Waals surface area contributed by atoms with E-state index < -0.39 is 5.97 Å². The lowest BCUT2D eigenvalue weighted by molar-refractivity contribution is -0.136. The highest BCUT2D eigenvalue weighted by atomic mass is 16.4. The minimum absolute atomic E-state index is 0.0527. The van der Waals surface area contributed by atoms with E-state index in [1.54, 1.807) is 4.90 Å². The second-order valence-corrected chi connectivity index (χ2v) is 5.10. The summed E-state index contributed by atoms with van der Waals surface area (Å²) in [6.45, 7) is 2.98. The van der Waals surface area contributed by atoms with E-state index in [0.29, 0.717) is 0 Å². The van der Waals surface area contributed by atoms with Crippen LogP contribution in [0.2, 0.25) is 0 Å². The Morgan fingerprint density at radius 3 is 2.60 bits per heavy atom. The number of benzene rings is 1. The largest absolute Gasteiger partial charge is 0.481 e. The van der Waals surface area contributed by atoms with Gasteiger partial charge in [-0.3, -0.25) is 9.69 Å². The summed E-state index contributed by atoms with van der Waals surface area (Å²) in [7, 11) is 0. The molecule has 1 aliphatic heterocycles. The zero-order valence-corrected chi connectivity index (χ0v) is 11.7. The van der Waals surface area contributed by atoms with Crippen molar-refractivity contribution >= 4 is 17.7 Å². The van der Waals surface area contributed by atoms with Crippen LogP contribution in [-0.4, -0.2) is 41.1 Å². The maximum absolute atomic E-state index is 12.6. The van der Waals surface area contributed by atoms with E-state index in [4.69, 9.17) is 5.11 Å². The van der Waals surface area contributed by atoms with Gasteiger partial charge in [-0.1, -0.05) is 18.2 Å². The van der Waals surface area contributed by atoms with E-state index in [-0.39, 0.29) is 25.0 Å². The summed E-state index contributed by atoms with van der Waals surface area (Å²) in [4.78, 5) is 26.8. The molecule has 1 fully saturated rings. The third-order valence-electron chi connectivity index (χ3n) is 3.65. The first kappa shape index (κ1) is 14.4. The molecule has 5 nitrogen and oxygen atoms in total. The summed E-state index contributed by atoms with van der Waals surface area (Å²) in [6, 6.07) is 9.37. The van der Waals surface area contributed by atoms with Crippen molar-refractivity contribution in [2.45, 2.75) is 32.2 Å². The molecule has 108 valence electrons. The Balaban J connectivity index is 2.17. The van der Waals surface area contributed by atoms with Crippen molar-refractivity contribution in [3.8, 4) is 0 Å². The summed E-state index contributed by atoms with van der Waals surface area (Å²) in [6.07, 6.45) is 1.96. The molecule has 0 bridgehead atoms. The molecule has 1 atom stereocenters. The van der Waals surface area contributed by atoms with E-state index in [1.165, 1.54) is 0 Å². The first-order valence-electron chi connectivity index (χ1n) is 6.94. The third-order valence-corrected chi connectivity index (χ3v) is 3.65. The summed E-state index contributed by atoms with van der Waals surface area (Å²) < 4.78 is 0. The number of carboxylic acids is 1. The molecule has 1 saturated heterocycles. The van der Waals surface area contributed by atoms with Gasteiger partial charge >= 0.3 is 12.0 Å². The molecule has 1 unspecified atom stereocenters. The highest BCUT2D eigenvalue weighted by molar-refractivity contribution is 5.92. The van der Waals surface area contributed by atoms with E-state index in [9.17, 15) is 9.59 Å². The molecule has 5 heteroatoms. The van der Waals surface area contributed by atoms with Crippen LogP contribution in [0.15, 0.2) is 30.3 Å². The first-order chi connectivity index (χ1) is 9.59. The van der Waals surface area contributed by atoms with Crippen LogP contribution in [-0.2, 0) is 4.79 Å². The molecule has 2 amide bonds. The maximum Gasteiger partial charge on any atom is 0.324 e. The van der Waals surface area contributed by atoms with Gasteiger partial charge in [-0.05, 0) is 31.9 Å². The van der Waals surface area contributed by atoms with E-state index in [0.717, 1.165) is 25.1 Å². The van der Waals surface area contributed by atoms with Crippen LogP contribution in [0.5, 0.6) is 0 Å². The van der Waals surface area contributed by atoms with Gasteiger partial charge < -0.3 is 10.0 Å². The Kier molecular flexibility index (Phi) is 4.61. The average Bonchev–Trinajstić information content (AvgIpc) is 2.86. The lowest BCUT2D eigenvalue weighted by Crippen LogP contribution is -2.45. The third kappa shape index (κ3) is 3.29. The predicted molar refractivity (Wildman–Crippen MR) is 76.8 cm³/mol. The van der Waals surface area contributed by atoms with Crippen LogP contribution in [0, 0.1) is 0 Å². The van der Waals surface area contributed by atoms with Gasteiger partial charge in [-0.25, -0.2) is 4.79 Å². The van der Waals surface area contributed by atoms with Crippen molar-refractivity contribution in [1.29, 1.82) is 0 Å². The number of urea groups is 1. The SMILES string of the molecule is CC1CCCN1C(=O)N(CCC(=O)O)c1ccccc1. The number of rotatable bonds is 4. The molecular formula is C15H20N2O3. The number of carboxylic acid groups (broad SMARTS) is 1. The number of carbonyl (C=O) groups excluding carboxylic acids is 1. The second-order valence-electron chi connectivity index (χ2n) is 5.10. The van der Waals surface area contributed by atoms with Crippen LogP contribution >= 0.6 is 0 Å². The Bertz CT molecular complexity index is 475. The molecule has 2 rings (SSSR count). The van der Waals surface area contributed by atoms with Crippen LogP contribution in [0.25, 0.3) is 0 Å². The number of aliphatic carboxylic acids is 1. The van der Waals surface area contributed by atoms with E-state index in [1.807, 2.05) is 42.2 Å². The number of carbonyl (C=O) groups is 2. The molecule has 0 aliphatic carbocycles. The monoisotopic (exact) mass is 276 g/mol. The zero-order valence-electron chi connectivity index (χ0n) is 11.7. The van der Waals surface area contributed by atoms with Crippen molar-refractivity contribution in [2.24, 2.45) is 0 Å². The molecule has 0 spiro atoms. The Hall–Kier alpha value is -2.04. The quantitative estimate of drug-likeness (QED) is 0.919. The number of hydrogen-bond donors (Lipinski definition) is 1. The molecule has 0 saturated carbocycles. The fourth-order valence-electron chi connectivity index (χ4n) is 2.52. The Morgan fingerprint density at radius 2 is 2.05 bits per heavy atom. The minimum atomic E-state index is -0.895. The van der Waals surface area contributed by atoms with E-state index in [2.05, 4.69) is 0 Å². The van der Waals surface area contributed by atoms with E-state index >= 15 is 0 Å². The van der Waals surface area contributed by atoms with Gasteiger partial charge in [0.25, 0.3) is 0 Å². The van der Waals surface area contributed by atoms with Gasteiger partial charge in [0.05, 0.1) is 6.42 Å². The van der Waals surface area contributed by atoms with Crippen molar-refractivity contribution in [2.75, 3.05) is 18.0 Å². The van der Waals surface area contributed by atoms with Crippen molar-refractivity contribution in [3.63, 3.8) is 0 Å². The Labute approximate surface area is 118 Å². The molecule has 20 heavy (non-hydrogen) atoms. The van der Waals surface area contributed by atoms with Crippen LogP contribution in [0.3, 0.4) is 0 Å². The van der Waals surface area contributed by atoms with Gasteiger partial charge in [0, 0.05) is 24.8 Å². The number of nitrogens with zero attached hydrogens (tertiary/aromatic N) is 2. The summed E-state index contributed by atoms with van der Waals surface area (Å²) in [5.74, 6) is -0.895. The average molecular weight is 276 g/mol. The van der Waals surface area contributed by atoms with Crippen molar-refractivity contribution in [1.82, 2.24) is 4.90 Å². The minimum Gasteiger partial charge on any atom is -0.481 e. The van der Waals surface area contributed by atoms with Crippen LogP contribution < -0.4 is 4.90 Å². The summed E-state index contributed by atoms with van der Waals surface area (Å²) in [5.41, 5.74) is 0.748. The molecule has 1 N–H and O–H groups in total. The molecule has 1 heterocycles.